The molecule has 0 N–H and O–H groups in total. The van der Waals surface area contributed by atoms with E-state index in [0.29, 0.717) is 5.29 Å². The van der Waals surface area contributed by atoms with Crippen molar-refractivity contribution in [2.45, 2.75) is 19.9 Å². The average Bonchev–Trinajstić information content (AvgIpc) is 2.82. The Morgan fingerprint density at radius 2 is 1.16 bits per heavy atom. The number of nitro groups is 1. The molecule has 0 bridgehead atoms. The van der Waals surface area contributed by atoms with E-state index in [2.05, 4.69) is 0 Å². The standard InChI is InChI=1S/C25H26NO4P/c1-19(20(2)26(28)29)24(25(27)30-3)31(21-13-7-4-8-14-21,22-15-9-5-10-16-22)23-17-11-6-12-18-23/h4-20H,1-3H3/t19-,20+/m1/s1. The second-order valence-corrected chi connectivity index (χ2v) is 10.7. The van der Waals surface area contributed by atoms with Gasteiger partial charge in [-0.1, -0.05) is 97.9 Å². The minimum Gasteiger partial charge on any atom is -0.466 e. The van der Waals surface area contributed by atoms with Crippen LogP contribution in [0.2, 0.25) is 0 Å². The van der Waals surface area contributed by atoms with Crippen LogP contribution in [0.15, 0.2) is 91.0 Å². The summed E-state index contributed by atoms with van der Waals surface area (Å²) in [6.45, 7) is 0.550. The molecule has 0 fully saturated rings. The maximum atomic E-state index is 13.4. The molecule has 3 aromatic rings. The van der Waals surface area contributed by atoms with Gasteiger partial charge in [-0.15, -0.1) is 0 Å². The first-order chi connectivity index (χ1) is 14.9. The minimum atomic E-state index is -2.75. The van der Waals surface area contributed by atoms with E-state index in [1.165, 1.54) is 7.11 Å². The van der Waals surface area contributed by atoms with Crippen LogP contribution in [0.25, 0.3) is 0 Å². The molecule has 0 radical (unpaired) electrons. The van der Waals surface area contributed by atoms with Crippen molar-refractivity contribution in [2.75, 3.05) is 7.11 Å². The van der Waals surface area contributed by atoms with Gasteiger partial charge in [0, 0.05) is 11.8 Å². The van der Waals surface area contributed by atoms with Crippen LogP contribution in [0.3, 0.4) is 0 Å². The molecule has 0 spiro atoms. The van der Waals surface area contributed by atoms with Gasteiger partial charge in [-0.05, 0) is 22.8 Å². The zero-order valence-corrected chi connectivity index (χ0v) is 18.7. The SMILES string of the molecule is COC(=O)C([C@H](C)[C@H](C)[N+](=O)[O-])=P(c1ccccc1)(c1ccccc1)c1ccccc1. The molecule has 5 nitrogen and oxygen atoms in total. The summed E-state index contributed by atoms with van der Waals surface area (Å²) in [7, 11) is 1.33. The topological polar surface area (TPSA) is 69.4 Å². The molecule has 0 aliphatic rings. The molecular weight excluding hydrogens is 409 g/mol. The van der Waals surface area contributed by atoms with Gasteiger partial charge >= 0.3 is 5.97 Å². The van der Waals surface area contributed by atoms with E-state index in [9.17, 15) is 14.9 Å². The highest BCUT2D eigenvalue weighted by Crippen LogP contribution is 2.48. The Morgan fingerprint density at radius 3 is 1.45 bits per heavy atom. The smallest absolute Gasteiger partial charge is 0.335 e. The zero-order chi connectivity index (χ0) is 22.4. The molecule has 0 aliphatic heterocycles. The molecule has 3 rings (SSSR count). The van der Waals surface area contributed by atoms with E-state index in [1.54, 1.807) is 13.8 Å². The molecule has 0 saturated heterocycles. The molecule has 160 valence electrons. The quantitative estimate of drug-likeness (QED) is 0.246. The molecule has 0 saturated carbocycles. The number of hydrogen-bond acceptors (Lipinski definition) is 4. The summed E-state index contributed by atoms with van der Waals surface area (Å²) >= 11 is 0. The van der Waals surface area contributed by atoms with Crippen molar-refractivity contribution in [3.63, 3.8) is 0 Å². The largest absolute Gasteiger partial charge is 0.466 e. The van der Waals surface area contributed by atoms with Crippen LogP contribution in [-0.4, -0.2) is 29.3 Å². The number of hydrogen-bond donors (Lipinski definition) is 0. The van der Waals surface area contributed by atoms with Gasteiger partial charge in [0.15, 0.2) is 0 Å². The Morgan fingerprint density at radius 1 is 0.806 bits per heavy atom. The molecular formula is C25H26NO4P. The van der Waals surface area contributed by atoms with Gasteiger partial charge in [0.25, 0.3) is 0 Å². The molecule has 2 atom stereocenters. The van der Waals surface area contributed by atoms with Crippen molar-refractivity contribution in [3.8, 4) is 0 Å². The Bertz CT molecular complexity index is 995. The summed E-state index contributed by atoms with van der Waals surface area (Å²) in [5, 5.41) is 15.1. The maximum Gasteiger partial charge on any atom is 0.335 e. The van der Waals surface area contributed by atoms with Crippen LogP contribution >= 0.6 is 6.89 Å². The van der Waals surface area contributed by atoms with Crippen LogP contribution in [0, 0.1) is 16.0 Å². The Balaban J connectivity index is 2.63. The monoisotopic (exact) mass is 435 g/mol. The lowest BCUT2D eigenvalue weighted by atomic mass is 10.0. The average molecular weight is 435 g/mol. The molecule has 0 unspecified atom stereocenters. The predicted molar refractivity (Wildman–Crippen MR) is 128 cm³/mol. The first-order valence-electron chi connectivity index (χ1n) is 10.1. The number of ether oxygens (including phenoxy) is 1. The Hall–Kier alpha value is -3.17. The lowest BCUT2D eigenvalue weighted by Crippen LogP contribution is -2.41. The third kappa shape index (κ3) is 4.19. The second kappa shape index (κ2) is 9.76. The highest BCUT2D eigenvalue weighted by molar-refractivity contribution is 7.96. The molecule has 0 heterocycles. The van der Waals surface area contributed by atoms with Gasteiger partial charge in [0.05, 0.1) is 18.3 Å². The second-order valence-electron chi connectivity index (χ2n) is 7.37. The molecule has 0 aliphatic carbocycles. The summed E-state index contributed by atoms with van der Waals surface area (Å²) < 4.78 is 5.26. The fourth-order valence-electron chi connectivity index (χ4n) is 3.96. The highest BCUT2D eigenvalue weighted by atomic mass is 31.2. The lowest BCUT2D eigenvalue weighted by Gasteiger charge is -2.34. The van der Waals surface area contributed by atoms with Crippen LogP contribution in [0.1, 0.15) is 13.8 Å². The molecule has 0 amide bonds. The van der Waals surface area contributed by atoms with Gasteiger partial charge in [-0.25, -0.2) is 4.79 Å². The van der Waals surface area contributed by atoms with Crippen molar-refractivity contribution in [1.82, 2.24) is 0 Å². The molecule has 3 aromatic carbocycles. The Kier molecular flexibility index (Phi) is 7.09. The van der Waals surface area contributed by atoms with E-state index >= 15 is 0 Å². The number of esters is 1. The summed E-state index contributed by atoms with van der Waals surface area (Å²) in [6, 6.07) is 28.4. The van der Waals surface area contributed by atoms with Gasteiger partial charge in [-0.3, -0.25) is 10.1 Å². The maximum absolute atomic E-state index is 13.4. The van der Waals surface area contributed by atoms with Crippen LogP contribution in [0.4, 0.5) is 0 Å². The van der Waals surface area contributed by atoms with E-state index in [0.717, 1.165) is 15.9 Å². The van der Waals surface area contributed by atoms with Crippen molar-refractivity contribution >= 4 is 34.1 Å². The fourth-order valence-corrected chi connectivity index (χ4v) is 8.74. The molecule has 0 aromatic heterocycles. The number of nitrogens with zero attached hydrogens (tertiary/aromatic N) is 1. The first kappa shape index (κ1) is 22.5. The minimum absolute atomic E-state index is 0.330. The third-order valence-corrected chi connectivity index (χ3v) is 10.2. The normalized spacial score (nSPS) is 13.1. The number of benzene rings is 3. The predicted octanol–water partition coefficient (Wildman–Crippen LogP) is 3.63. The highest BCUT2D eigenvalue weighted by Gasteiger charge is 2.40. The first-order valence-corrected chi connectivity index (χ1v) is 11.9. The van der Waals surface area contributed by atoms with E-state index in [-0.39, 0.29) is 4.92 Å². The van der Waals surface area contributed by atoms with Gasteiger partial charge in [0.2, 0.25) is 6.04 Å². The van der Waals surface area contributed by atoms with Gasteiger partial charge in [-0.2, -0.15) is 0 Å². The van der Waals surface area contributed by atoms with Crippen LogP contribution in [-0.2, 0) is 9.53 Å². The van der Waals surface area contributed by atoms with Crippen molar-refractivity contribution < 1.29 is 14.5 Å². The van der Waals surface area contributed by atoms with Gasteiger partial charge in [0.1, 0.15) is 0 Å². The number of methoxy groups -OCH3 is 1. The number of carbonyl (C=O) groups excluding carboxylic acids is 1. The van der Waals surface area contributed by atoms with Crippen molar-refractivity contribution in [2.24, 2.45) is 5.92 Å². The summed E-state index contributed by atoms with van der Waals surface area (Å²) in [4.78, 5) is 24.8. The summed E-state index contributed by atoms with van der Waals surface area (Å²) in [5.41, 5.74) is 0. The van der Waals surface area contributed by atoms with Crippen molar-refractivity contribution in [3.05, 3.63) is 101 Å². The van der Waals surface area contributed by atoms with Crippen LogP contribution in [0.5, 0.6) is 0 Å². The van der Waals surface area contributed by atoms with Crippen LogP contribution < -0.4 is 15.9 Å². The number of carbonyl (C=O) groups is 1. The third-order valence-electron chi connectivity index (χ3n) is 5.67. The fraction of sp³-hybridized carbons (Fsp3) is 0.200. The Labute approximate surface area is 182 Å². The lowest BCUT2D eigenvalue weighted by molar-refractivity contribution is -0.523. The van der Waals surface area contributed by atoms with E-state index in [1.807, 2.05) is 91.0 Å². The molecule has 31 heavy (non-hydrogen) atoms. The van der Waals surface area contributed by atoms with Gasteiger partial charge < -0.3 is 4.74 Å². The number of rotatable bonds is 7. The van der Waals surface area contributed by atoms with E-state index < -0.39 is 24.8 Å². The summed E-state index contributed by atoms with van der Waals surface area (Å²) in [6.07, 6.45) is 0. The zero-order valence-electron chi connectivity index (χ0n) is 17.8. The van der Waals surface area contributed by atoms with Crippen molar-refractivity contribution in [1.29, 1.82) is 0 Å². The van der Waals surface area contributed by atoms with E-state index in [4.69, 9.17) is 4.74 Å². The summed E-state index contributed by atoms with van der Waals surface area (Å²) in [5.74, 6) is -1.15. The molecule has 6 heteroatoms.